The van der Waals surface area contributed by atoms with Gasteiger partial charge in [0, 0.05) is 6.92 Å². The number of hydrogen-bond acceptors (Lipinski definition) is 4. The second-order valence-electron chi connectivity index (χ2n) is 6.07. The van der Waals surface area contributed by atoms with Crippen LogP contribution in [0.25, 0.3) is 0 Å². The summed E-state index contributed by atoms with van der Waals surface area (Å²) < 4.78 is 5.15. The molecule has 1 saturated carbocycles. The normalized spacial score (nSPS) is 31.8. The fourth-order valence-electron chi connectivity index (χ4n) is 4.02. The Morgan fingerprint density at radius 3 is 2.27 bits per heavy atom. The molecule has 2 amide bonds. The van der Waals surface area contributed by atoms with Gasteiger partial charge in [-0.25, -0.2) is 4.90 Å². The average Bonchev–Trinajstić information content (AvgIpc) is 3.14. The molecule has 0 spiro atoms. The van der Waals surface area contributed by atoms with Gasteiger partial charge >= 0.3 is 5.97 Å². The standard InChI is InChI=1S/C17H15NO4/c1-9(19)22-13-5-3-2-4-12(13)18-16(20)14-10-6-7-11(8-10)15(14)17(18)21/h2-7,10-11,14-15H,8H2,1H3/t10-,11+,14-,15-/m0/s1. The van der Waals surface area contributed by atoms with E-state index in [1.807, 2.05) is 0 Å². The zero-order chi connectivity index (χ0) is 15.4. The summed E-state index contributed by atoms with van der Waals surface area (Å²) in [6.07, 6.45) is 5.00. The van der Waals surface area contributed by atoms with Gasteiger partial charge in [-0.2, -0.15) is 0 Å². The van der Waals surface area contributed by atoms with Crippen LogP contribution >= 0.6 is 0 Å². The van der Waals surface area contributed by atoms with Gasteiger partial charge in [0.2, 0.25) is 11.8 Å². The molecule has 3 aliphatic rings. The molecule has 2 aliphatic carbocycles. The third kappa shape index (κ3) is 1.68. The van der Waals surface area contributed by atoms with Gasteiger partial charge in [0.1, 0.15) is 0 Å². The van der Waals surface area contributed by atoms with Crippen molar-refractivity contribution in [1.29, 1.82) is 0 Å². The summed E-state index contributed by atoms with van der Waals surface area (Å²) in [7, 11) is 0. The van der Waals surface area contributed by atoms with Crippen molar-refractivity contribution >= 4 is 23.5 Å². The van der Waals surface area contributed by atoms with Gasteiger partial charge in [0.25, 0.3) is 0 Å². The van der Waals surface area contributed by atoms with Gasteiger partial charge in [0.05, 0.1) is 17.5 Å². The predicted molar refractivity (Wildman–Crippen MR) is 78.0 cm³/mol. The van der Waals surface area contributed by atoms with E-state index in [1.165, 1.54) is 11.8 Å². The first-order valence-electron chi connectivity index (χ1n) is 7.41. The molecule has 5 nitrogen and oxygen atoms in total. The van der Waals surface area contributed by atoms with Crippen molar-refractivity contribution in [2.45, 2.75) is 13.3 Å². The number of benzene rings is 1. The molecule has 2 fully saturated rings. The van der Waals surface area contributed by atoms with E-state index < -0.39 is 5.97 Å². The first-order valence-corrected chi connectivity index (χ1v) is 7.41. The van der Waals surface area contributed by atoms with Crippen LogP contribution in [0.4, 0.5) is 5.69 Å². The Hall–Kier alpha value is -2.43. The molecule has 0 aromatic heterocycles. The van der Waals surface area contributed by atoms with Crippen molar-refractivity contribution in [3.8, 4) is 5.75 Å². The van der Waals surface area contributed by atoms with Crippen LogP contribution in [-0.4, -0.2) is 17.8 Å². The Kier molecular flexibility index (Phi) is 2.73. The van der Waals surface area contributed by atoms with Crippen LogP contribution < -0.4 is 9.64 Å². The number of carbonyl (C=O) groups excluding carboxylic acids is 3. The molecule has 1 aromatic rings. The smallest absolute Gasteiger partial charge is 0.308 e. The maximum atomic E-state index is 12.8. The lowest BCUT2D eigenvalue weighted by Crippen LogP contribution is -2.33. The van der Waals surface area contributed by atoms with E-state index in [2.05, 4.69) is 12.2 Å². The van der Waals surface area contributed by atoms with E-state index in [-0.39, 0.29) is 41.2 Å². The summed E-state index contributed by atoms with van der Waals surface area (Å²) in [6.45, 7) is 1.29. The van der Waals surface area contributed by atoms with Gasteiger partial charge in [-0.3, -0.25) is 14.4 Å². The van der Waals surface area contributed by atoms with E-state index in [1.54, 1.807) is 24.3 Å². The zero-order valence-corrected chi connectivity index (χ0v) is 12.1. The van der Waals surface area contributed by atoms with Gasteiger partial charge in [-0.15, -0.1) is 0 Å². The minimum Gasteiger partial charge on any atom is -0.424 e. The van der Waals surface area contributed by atoms with Gasteiger partial charge in [-0.05, 0) is 30.4 Å². The van der Waals surface area contributed by atoms with Crippen molar-refractivity contribution in [2.75, 3.05) is 4.90 Å². The maximum Gasteiger partial charge on any atom is 0.308 e. The molecule has 0 N–H and O–H groups in total. The van der Waals surface area contributed by atoms with Gasteiger partial charge in [0.15, 0.2) is 5.75 Å². The first kappa shape index (κ1) is 13.2. The highest BCUT2D eigenvalue weighted by atomic mass is 16.5. The average molecular weight is 297 g/mol. The largest absolute Gasteiger partial charge is 0.424 e. The molecule has 2 bridgehead atoms. The Balaban J connectivity index is 1.74. The van der Waals surface area contributed by atoms with Crippen molar-refractivity contribution in [3.63, 3.8) is 0 Å². The first-order chi connectivity index (χ1) is 10.6. The Morgan fingerprint density at radius 2 is 1.68 bits per heavy atom. The van der Waals surface area contributed by atoms with E-state index in [9.17, 15) is 14.4 Å². The molecule has 112 valence electrons. The van der Waals surface area contributed by atoms with Crippen molar-refractivity contribution in [1.82, 2.24) is 0 Å². The summed E-state index contributed by atoms with van der Waals surface area (Å²) in [5.74, 6) is -0.765. The monoisotopic (exact) mass is 297 g/mol. The number of nitrogens with zero attached hydrogens (tertiary/aromatic N) is 1. The Bertz CT molecular complexity index is 693. The minimum absolute atomic E-state index is 0.164. The van der Waals surface area contributed by atoms with Crippen LogP contribution in [0.15, 0.2) is 36.4 Å². The summed E-state index contributed by atoms with van der Waals surface area (Å²) in [5.41, 5.74) is 0.363. The number of imide groups is 1. The summed E-state index contributed by atoms with van der Waals surface area (Å²) >= 11 is 0. The van der Waals surface area contributed by atoms with Crippen molar-refractivity contribution in [3.05, 3.63) is 36.4 Å². The Morgan fingerprint density at radius 1 is 1.09 bits per heavy atom. The van der Waals surface area contributed by atoms with Crippen LogP contribution in [0, 0.1) is 23.7 Å². The van der Waals surface area contributed by atoms with Crippen LogP contribution in [-0.2, 0) is 14.4 Å². The summed E-state index contributed by atoms with van der Waals surface area (Å²) in [5, 5.41) is 0. The van der Waals surface area contributed by atoms with E-state index in [4.69, 9.17) is 4.74 Å². The Labute approximate surface area is 127 Å². The molecule has 4 rings (SSSR count). The number of fused-ring (bicyclic) bond motifs is 5. The number of anilines is 1. The molecule has 1 saturated heterocycles. The number of allylic oxidation sites excluding steroid dienone is 2. The zero-order valence-electron chi connectivity index (χ0n) is 12.1. The number of para-hydroxylation sites is 2. The second kappa shape index (κ2) is 4.53. The third-order valence-corrected chi connectivity index (χ3v) is 4.83. The SMILES string of the molecule is CC(=O)Oc1ccccc1N1C(=O)[C@@H]2[C@@H](C1=O)[C@H]1C=C[C@@H]2C1. The van der Waals surface area contributed by atoms with Crippen LogP contribution in [0.1, 0.15) is 13.3 Å². The lowest BCUT2D eigenvalue weighted by atomic mass is 9.85. The van der Waals surface area contributed by atoms with Crippen molar-refractivity contribution in [2.24, 2.45) is 23.7 Å². The summed E-state index contributed by atoms with van der Waals surface area (Å²) in [6, 6.07) is 6.67. The number of amides is 2. The molecule has 4 atom stereocenters. The second-order valence-corrected chi connectivity index (χ2v) is 6.07. The van der Waals surface area contributed by atoms with E-state index in [0.29, 0.717) is 5.69 Å². The lowest BCUT2D eigenvalue weighted by molar-refractivity contribution is -0.132. The molecular weight excluding hydrogens is 282 g/mol. The number of esters is 1. The van der Waals surface area contributed by atoms with Crippen LogP contribution in [0.2, 0.25) is 0 Å². The maximum absolute atomic E-state index is 12.8. The van der Waals surface area contributed by atoms with Gasteiger partial charge in [-0.1, -0.05) is 24.3 Å². The predicted octanol–water partition coefficient (Wildman–Crippen LogP) is 1.92. The molecule has 0 radical (unpaired) electrons. The molecule has 22 heavy (non-hydrogen) atoms. The fraction of sp³-hybridized carbons (Fsp3) is 0.353. The highest BCUT2D eigenvalue weighted by molar-refractivity contribution is 6.23. The molecule has 1 aromatic carbocycles. The number of rotatable bonds is 2. The van der Waals surface area contributed by atoms with E-state index >= 15 is 0 Å². The molecule has 0 unspecified atom stereocenters. The molecule has 1 heterocycles. The highest BCUT2D eigenvalue weighted by Gasteiger charge is 2.59. The fourth-order valence-corrected chi connectivity index (χ4v) is 4.02. The topological polar surface area (TPSA) is 63.7 Å². The summed E-state index contributed by atoms with van der Waals surface area (Å²) in [4.78, 5) is 38.0. The highest BCUT2D eigenvalue weighted by Crippen LogP contribution is 2.53. The molecule has 1 aliphatic heterocycles. The van der Waals surface area contributed by atoms with E-state index in [0.717, 1.165) is 6.42 Å². The van der Waals surface area contributed by atoms with Crippen molar-refractivity contribution < 1.29 is 19.1 Å². The third-order valence-electron chi connectivity index (χ3n) is 4.83. The number of ether oxygens (including phenoxy) is 1. The van der Waals surface area contributed by atoms with Crippen LogP contribution in [0.3, 0.4) is 0 Å². The quantitative estimate of drug-likeness (QED) is 0.362. The van der Waals surface area contributed by atoms with Gasteiger partial charge < -0.3 is 4.74 Å². The minimum atomic E-state index is -0.478. The lowest BCUT2D eigenvalue weighted by Gasteiger charge is -2.19. The van der Waals surface area contributed by atoms with Crippen LogP contribution in [0.5, 0.6) is 5.75 Å². The molecule has 5 heteroatoms. The number of hydrogen-bond donors (Lipinski definition) is 0. The molecular formula is C17H15NO4. The number of carbonyl (C=O) groups is 3.